The zero-order chi connectivity index (χ0) is 17.8. The summed E-state index contributed by atoms with van der Waals surface area (Å²) in [5.41, 5.74) is 0. The van der Waals surface area contributed by atoms with Crippen LogP contribution in [0.25, 0.3) is 0 Å². The smallest absolute Gasteiger partial charge is 0.218 e. The molecule has 0 aliphatic carbocycles. The number of nitrogens with zero attached hydrogens (tertiary/aromatic N) is 7. The largest absolute Gasteiger partial charge is 0.481 e. The summed E-state index contributed by atoms with van der Waals surface area (Å²) in [7, 11) is 7.68. The number of aromatic nitrogens is 4. The maximum Gasteiger partial charge on any atom is 0.218 e. The Balaban J connectivity index is 1.75. The average molecular weight is 343 g/mol. The molecule has 0 bridgehead atoms. The lowest BCUT2D eigenvalue weighted by molar-refractivity contribution is 0.396. The van der Waals surface area contributed by atoms with Crippen LogP contribution in [0.1, 0.15) is 12.8 Å². The molecule has 1 aliphatic rings. The minimum atomic E-state index is 0.361. The van der Waals surface area contributed by atoms with Crippen molar-refractivity contribution in [1.29, 1.82) is 0 Å². The van der Waals surface area contributed by atoms with Gasteiger partial charge in [-0.15, -0.1) is 0 Å². The summed E-state index contributed by atoms with van der Waals surface area (Å²) < 4.78 is 5.22. The summed E-state index contributed by atoms with van der Waals surface area (Å²) in [5.74, 6) is 3.34. The molecule has 2 aromatic heterocycles. The van der Waals surface area contributed by atoms with E-state index in [0.717, 1.165) is 43.4 Å². The van der Waals surface area contributed by atoms with Gasteiger partial charge in [-0.05, 0) is 12.8 Å². The van der Waals surface area contributed by atoms with E-state index in [9.17, 15) is 0 Å². The van der Waals surface area contributed by atoms with E-state index in [1.165, 1.54) is 0 Å². The first-order valence-corrected chi connectivity index (χ1v) is 8.41. The van der Waals surface area contributed by atoms with Gasteiger partial charge in [-0.3, -0.25) is 0 Å². The Kier molecular flexibility index (Phi) is 5.16. The maximum atomic E-state index is 5.22. The molecule has 1 saturated heterocycles. The number of rotatable bonds is 5. The topological polar surface area (TPSA) is 70.5 Å². The van der Waals surface area contributed by atoms with Gasteiger partial charge >= 0.3 is 0 Å². The zero-order valence-corrected chi connectivity index (χ0v) is 15.3. The number of methoxy groups -OCH3 is 1. The summed E-state index contributed by atoms with van der Waals surface area (Å²) in [4.78, 5) is 23.7. The standard InChI is InChI=1S/C17H25N7O/c1-22(2)14-8-15(19-11-18-14)23(3)13-6-5-7-24(10-13)16-9-17(25-4)21-12-20-16/h8-9,11-13H,5-7,10H2,1-4H3. The second kappa shape index (κ2) is 7.50. The van der Waals surface area contributed by atoms with Crippen LogP contribution in [0, 0.1) is 0 Å². The highest BCUT2D eigenvalue weighted by molar-refractivity contribution is 5.50. The monoisotopic (exact) mass is 343 g/mol. The Morgan fingerprint density at radius 1 is 1.04 bits per heavy atom. The van der Waals surface area contributed by atoms with Crippen molar-refractivity contribution in [2.75, 3.05) is 56.0 Å². The fourth-order valence-corrected chi connectivity index (χ4v) is 3.06. The molecule has 8 nitrogen and oxygen atoms in total. The van der Waals surface area contributed by atoms with Crippen LogP contribution in [0.3, 0.4) is 0 Å². The number of hydrogen-bond acceptors (Lipinski definition) is 8. The molecule has 0 spiro atoms. The fourth-order valence-electron chi connectivity index (χ4n) is 3.06. The van der Waals surface area contributed by atoms with Gasteiger partial charge in [0.25, 0.3) is 0 Å². The van der Waals surface area contributed by atoms with Crippen LogP contribution in [0.2, 0.25) is 0 Å². The van der Waals surface area contributed by atoms with Gasteiger partial charge in [-0.25, -0.2) is 19.9 Å². The Hall–Kier alpha value is -2.64. The quantitative estimate of drug-likeness (QED) is 0.808. The van der Waals surface area contributed by atoms with Crippen molar-refractivity contribution in [2.24, 2.45) is 0 Å². The molecule has 1 atom stereocenters. The van der Waals surface area contributed by atoms with Crippen molar-refractivity contribution in [2.45, 2.75) is 18.9 Å². The van der Waals surface area contributed by atoms with Crippen LogP contribution >= 0.6 is 0 Å². The highest BCUT2D eigenvalue weighted by Crippen LogP contribution is 2.25. The van der Waals surface area contributed by atoms with Crippen molar-refractivity contribution in [1.82, 2.24) is 19.9 Å². The van der Waals surface area contributed by atoms with Crippen molar-refractivity contribution in [3.63, 3.8) is 0 Å². The molecule has 0 radical (unpaired) electrons. The molecule has 134 valence electrons. The lowest BCUT2D eigenvalue weighted by Gasteiger charge is -2.38. The summed E-state index contributed by atoms with van der Waals surface area (Å²) in [6.45, 7) is 1.87. The molecule has 3 heterocycles. The molecule has 25 heavy (non-hydrogen) atoms. The first-order chi connectivity index (χ1) is 12.1. The first kappa shape index (κ1) is 17.2. The molecule has 1 fully saturated rings. The van der Waals surface area contributed by atoms with E-state index in [1.54, 1.807) is 19.8 Å². The number of ether oxygens (including phenoxy) is 1. The number of likely N-dealkylation sites (N-methyl/N-ethyl adjacent to an activating group) is 1. The van der Waals surface area contributed by atoms with Crippen molar-refractivity contribution in [3.8, 4) is 5.88 Å². The lowest BCUT2D eigenvalue weighted by atomic mass is 10.0. The molecule has 0 N–H and O–H groups in total. The minimum absolute atomic E-state index is 0.361. The summed E-state index contributed by atoms with van der Waals surface area (Å²) in [6.07, 6.45) is 5.40. The van der Waals surface area contributed by atoms with Crippen molar-refractivity contribution < 1.29 is 4.74 Å². The number of piperidine rings is 1. The van der Waals surface area contributed by atoms with Gasteiger partial charge < -0.3 is 19.4 Å². The predicted molar refractivity (Wildman–Crippen MR) is 98.6 cm³/mol. The fraction of sp³-hybridized carbons (Fsp3) is 0.529. The Bertz CT molecular complexity index is 709. The summed E-state index contributed by atoms with van der Waals surface area (Å²) >= 11 is 0. The first-order valence-electron chi connectivity index (χ1n) is 8.41. The van der Waals surface area contributed by atoms with Crippen LogP contribution < -0.4 is 19.4 Å². The Morgan fingerprint density at radius 3 is 2.56 bits per heavy atom. The zero-order valence-electron chi connectivity index (χ0n) is 15.3. The molecular weight excluding hydrogens is 318 g/mol. The van der Waals surface area contributed by atoms with Crippen molar-refractivity contribution >= 4 is 17.5 Å². The van der Waals surface area contributed by atoms with Crippen LogP contribution in [-0.2, 0) is 0 Å². The van der Waals surface area contributed by atoms with Gasteiger partial charge in [0.15, 0.2) is 0 Å². The van der Waals surface area contributed by atoms with E-state index in [1.807, 2.05) is 31.1 Å². The average Bonchev–Trinajstić information content (AvgIpc) is 2.67. The van der Waals surface area contributed by atoms with Gasteiger partial charge in [-0.1, -0.05) is 0 Å². The van der Waals surface area contributed by atoms with Crippen LogP contribution in [0.15, 0.2) is 24.8 Å². The van der Waals surface area contributed by atoms with Crippen LogP contribution in [0.4, 0.5) is 17.5 Å². The Labute approximate surface area is 148 Å². The summed E-state index contributed by atoms with van der Waals surface area (Å²) in [6, 6.07) is 4.27. The van der Waals surface area contributed by atoms with E-state index >= 15 is 0 Å². The third kappa shape index (κ3) is 3.89. The second-order valence-corrected chi connectivity index (χ2v) is 6.40. The molecule has 1 aliphatic heterocycles. The van der Waals surface area contributed by atoms with E-state index in [0.29, 0.717) is 11.9 Å². The molecule has 0 amide bonds. The number of anilines is 3. The normalized spacial score (nSPS) is 17.3. The van der Waals surface area contributed by atoms with E-state index < -0.39 is 0 Å². The number of hydrogen-bond donors (Lipinski definition) is 0. The second-order valence-electron chi connectivity index (χ2n) is 6.40. The Morgan fingerprint density at radius 2 is 1.80 bits per heavy atom. The summed E-state index contributed by atoms with van der Waals surface area (Å²) in [5, 5.41) is 0. The van der Waals surface area contributed by atoms with Crippen LogP contribution in [-0.4, -0.2) is 67.3 Å². The molecule has 3 rings (SSSR count). The van der Waals surface area contributed by atoms with Crippen LogP contribution in [0.5, 0.6) is 5.88 Å². The molecule has 1 unspecified atom stereocenters. The minimum Gasteiger partial charge on any atom is -0.481 e. The molecular formula is C17H25N7O. The third-order valence-corrected chi connectivity index (χ3v) is 4.56. The maximum absolute atomic E-state index is 5.22. The lowest BCUT2D eigenvalue weighted by Crippen LogP contribution is -2.47. The van der Waals surface area contributed by atoms with Crippen molar-refractivity contribution in [3.05, 3.63) is 24.8 Å². The highest BCUT2D eigenvalue weighted by Gasteiger charge is 2.25. The van der Waals surface area contributed by atoms with Gasteiger partial charge in [0.1, 0.15) is 30.1 Å². The molecule has 8 heteroatoms. The predicted octanol–water partition coefficient (Wildman–Crippen LogP) is 1.45. The third-order valence-electron chi connectivity index (χ3n) is 4.56. The van der Waals surface area contributed by atoms with Gasteiger partial charge in [0.05, 0.1) is 7.11 Å². The van der Waals surface area contributed by atoms with E-state index in [2.05, 4.69) is 36.8 Å². The molecule has 0 saturated carbocycles. The van der Waals surface area contributed by atoms with E-state index in [4.69, 9.17) is 4.74 Å². The van der Waals surface area contributed by atoms with E-state index in [-0.39, 0.29) is 0 Å². The van der Waals surface area contributed by atoms with Gasteiger partial charge in [0.2, 0.25) is 5.88 Å². The SMILES string of the molecule is COc1cc(N2CCCC(N(C)c3cc(N(C)C)ncn3)C2)ncn1. The highest BCUT2D eigenvalue weighted by atomic mass is 16.5. The molecule has 0 aromatic carbocycles. The van der Waals surface area contributed by atoms with Gasteiger partial charge in [0, 0.05) is 52.4 Å². The van der Waals surface area contributed by atoms with Gasteiger partial charge in [-0.2, -0.15) is 0 Å². The molecule has 2 aromatic rings.